The van der Waals surface area contributed by atoms with Crippen LogP contribution in [0.15, 0.2) is 18.2 Å². The van der Waals surface area contributed by atoms with Crippen LogP contribution in [0.5, 0.6) is 11.5 Å². The second-order valence-corrected chi connectivity index (χ2v) is 13.4. The fraction of sp³-hybridized carbons (Fsp3) is 0.667. The maximum absolute atomic E-state index is 12.6. The first-order valence-corrected chi connectivity index (χ1v) is 13.3. The molecule has 0 saturated heterocycles. The first-order valence-electron chi connectivity index (χ1n) is 13.3. The van der Waals surface area contributed by atoms with E-state index in [-0.39, 0.29) is 72.5 Å². The number of hydrogen-bond donors (Lipinski definition) is 1. The molecule has 1 aromatic rings. The Hall–Kier alpha value is -2.94. The van der Waals surface area contributed by atoms with Crippen molar-refractivity contribution in [3.8, 4) is 11.5 Å². The summed E-state index contributed by atoms with van der Waals surface area (Å²) in [5, 5.41) is 3.06. The molecule has 0 aromatic heterocycles. The van der Waals surface area contributed by atoms with Crippen molar-refractivity contribution in [1.29, 1.82) is 0 Å². The molecule has 220 valence electrons. The molecule has 9 nitrogen and oxygen atoms in total. The van der Waals surface area contributed by atoms with Crippen LogP contribution < -0.4 is 14.8 Å². The van der Waals surface area contributed by atoms with E-state index < -0.39 is 23.9 Å². The van der Waals surface area contributed by atoms with Crippen LogP contribution in [0.2, 0.25) is 0 Å². The monoisotopic (exact) mass is 549 g/mol. The van der Waals surface area contributed by atoms with E-state index in [1.165, 1.54) is 7.11 Å². The topological polar surface area (TPSA) is 117 Å². The van der Waals surface area contributed by atoms with Gasteiger partial charge in [-0.05, 0) is 40.4 Å². The molecule has 0 aliphatic rings. The van der Waals surface area contributed by atoms with Gasteiger partial charge in [0.1, 0.15) is 12.6 Å². The number of ether oxygens (including phenoxy) is 4. The van der Waals surface area contributed by atoms with Crippen molar-refractivity contribution in [3.05, 3.63) is 23.8 Å². The van der Waals surface area contributed by atoms with Gasteiger partial charge in [-0.25, -0.2) is 0 Å². The Bertz CT molecular complexity index is 996. The molecular formula is C30H47NO8. The lowest BCUT2D eigenvalue weighted by Crippen LogP contribution is -2.41. The smallest absolute Gasteiger partial charge is 0.323 e. The second kappa shape index (κ2) is 14.4. The SMILES string of the molecule is COC(=O)[C@H](Cc1ccc(OC(=O)CC(C)(C)C)c(OC(=O)CC(C)(C)C)c1)NCCOC(=O)CC(C)(C)C. The average Bonchev–Trinajstić information content (AvgIpc) is 2.73. The average molecular weight is 550 g/mol. The highest BCUT2D eigenvalue weighted by molar-refractivity contribution is 5.78. The number of hydrogen-bond acceptors (Lipinski definition) is 9. The summed E-state index contributed by atoms with van der Waals surface area (Å²) in [6.45, 7) is 17.7. The molecular weight excluding hydrogens is 502 g/mol. The third-order valence-corrected chi connectivity index (χ3v) is 5.16. The van der Waals surface area contributed by atoms with Gasteiger partial charge in [0.25, 0.3) is 0 Å². The second-order valence-electron chi connectivity index (χ2n) is 13.4. The predicted octanol–water partition coefficient (Wildman–Crippen LogP) is 5.02. The van der Waals surface area contributed by atoms with Crippen molar-refractivity contribution in [3.63, 3.8) is 0 Å². The Labute approximate surface area is 233 Å². The van der Waals surface area contributed by atoms with Crippen molar-refractivity contribution in [2.75, 3.05) is 20.3 Å². The predicted molar refractivity (Wildman–Crippen MR) is 148 cm³/mol. The summed E-state index contributed by atoms with van der Waals surface area (Å²) in [6.07, 6.45) is 0.825. The van der Waals surface area contributed by atoms with E-state index in [1.54, 1.807) is 18.2 Å². The Morgan fingerprint density at radius 1 is 0.744 bits per heavy atom. The number of rotatable bonds is 12. The molecule has 0 spiro atoms. The fourth-order valence-electron chi connectivity index (χ4n) is 3.53. The van der Waals surface area contributed by atoms with Crippen molar-refractivity contribution in [1.82, 2.24) is 5.32 Å². The van der Waals surface area contributed by atoms with Gasteiger partial charge in [0.05, 0.1) is 26.4 Å². The number of methoxy groups -OCH3 is 1. The molecule has 1 atom stereocenters. The van der Waals surface area contributed by atoms with E-state index in [2.05, 4.69) is 5.32 Å². The van der Waals surface area contributed by atoms with Crippen molar-refractivity contribution >= 4 is 23.9 Å². The minimum absolute atomic E-state index is 0.0980. The van der Waals surface area contributed by atoms with Crippen LogP contribution >= 0.6 is 0 Å². The molecule has 1 aromatic carbocycles. The Balaban J connectivity index is 3.05. The zero-order valence-electron chi connectivity index (χ0n) is 25.3. The van der Waals surface area contributed by atoms with Crippen LogP contribution in [-0.2, 0) is 35.1 Å². The van der Waals surface area contributed by atoms with Gasteiger partial charge in [-0.15, -0.1) is 0 Å². The third kappa shape index (κ3) is 15.3. The van der Waals surface area contributed by atoms with Gasteiger partial charge < -0.3 is 24.3 Å². The highest BCUT2D eigenvalue weighted by atomic mass is 16.6. The number of nitrogens with one attached hydrogen (secondary N) is 1. The molecule has 1 N–H and O–H groups in total. The van der Waals surface area contributed by atoms with Crippen LogP contribution in [0.3, 0.4) is 0 Å². The molecule has 0 aliphatic heterocycles. The van der Waals surface area contributed by atoms with Gasteiger partial charge in [-0.1, -0.05) is 68.4 Å². The number of benzene rings is 1. The Morgan fingerprint density at radius 3 is 1.72 bits per heavy atom. The molecule has 0 heterocycles. The third-order valence-electron chi connectivity index (χ3n) is 5.16. The van der Waals surface area contributed by atoms with Crippen molar-refractivity contribution < 1.29 is 38.1 Å². The first-order chi connectivity index (χ1) is 17.8. The fourth-order valence-corrected chi connectivity index (χ4v) is 3.53. The minimum Gasteiger partial charge on any atom is -0.468 e. The Kier molecular flexibility index (Phi) is 12.6. The highest BCUT2D eigenvalue weighted by Gasteiger charge is 2.25. The molecule has 0 fully saturated rings. The van der Waals surface area contributed by atoms with E-state index in [9.17, 15) is 19.2 Å². The summed E-state index contributed by atoms with van der Waals surface area (Å²) in [7, 11) is 1.29. The van der Waals surface area contributed by atoms with Crippen LogP contribution in [0.4, 0.5) is 0 Å². The molecule has 0 aliphatic carbocycles. The normalized spacial score (nSPS) is 12.9. The van der Waals surface area contributed by atoms with Crippen LogP contribution in [0.25, 0.3) is 0 Å². The van der Waals surface area contributed by atoms with Gasteiger partial charge in [0.15, 0.2) is 11.5 Å². The van der Waals surface area contributed by atoms with E-state index >= 15 is 0 Å². The van der Waals surface area contributed by atoms with Gasteiger partial charge in [-0.2, -0.15) is 0 Å². The Morgan fingerprint density at radius 2 is 1.23 bits per heavy atom. The van der Waals surface area contributed by atoms with Crippen molar-refractivity contribution in [2.45, 2.75) is 94.0 Å². The largest absolute Gasteiger partial charge is 0.468 e. The number of carbonyl (C=O) groups excluding carboxylic acids is 4. The van der Waals surface area contributed by atoms with E-state index in [0.717, 1.165) is 0 Å². The zero-order valence-corrected chi connectivity index (χ0v) is 25.3. The van der Waals surface area contributed by atoms with Gasteiger partial charge in [-0.3, -0.25) is 19.2 Å². The molecule has 39 heavy (non-hydrogen) atoms. The van der Waals surface area contributed by atoms with Gasteiger partial charge in [0.2, 0.25) is 0 Å². The lowest BCUT2D eigenvalue weighted by Gasteiger charge is -2.20. The standard InChI is InChI=1S/C30H47NO8/c1-28(2,3)17-24(32)37-14-13-31-21(27(35)36-10)15-20-11-12-22(38-25(33)18-29(4,5)6)23(16-20)39-26(34)19-30(7,8)9/h11-12,16,21,31H,13-15,17-19H2,1-10H3/t21-/m0/s1. The molecule has 0 radical (unpaired) electrons. The summed E-state index contributed by atoms with van der Waals surface area (Å²) >= 11 is 0. The summed E-state index contributed by atoms with van der Waals surface area (Å²) in [4.78, 5) is 49.5. The molecule has 0 saturated carbocycles. The van der Waals surface area contributed by atoms with Gasteiger partial charge >= 0.3 is 23.9 Å². The molecule has 0 unspecified atom stereocenters. The summed E-state index contributed by atoms with van der Waals surface area (Å²) in [5.41, 5.74) is -0.105. The van der Waals surface area contributed by atoms with Gasteiger partial charge in [0, 0.05) is 6.54 Å². The van der Waals surface area contributed by atoms with E-state index in [0.29, 0.717) is 5.56 Å². The maximum atomic E-state index is 12.6. The summed E-state index contributed by atoms with van der Waals surface area (Å²) in [6, 6.07) is 4.09. The quantitative estimate of drug-likeness (QED) is 0.218. The van der Waals surface area contributed by atoms with E-state index in [4.69, 9.17) is 18.9 Å². The van der Waals surface area contributed by atoms with Crippen LogP contribution in [-0.4, -0.2) is 50.2 Å². The number of carbonyl (C=O) groups is 4. The first kappa shape index (κ1) is 34.1. The van der Waals surface area contributed by atoms with Crippen LogP contribution in [0, 0.1) is 16.2 Å². The highest BCUT2D eigenvalue weighted by Crippen LogP contribution is 2.32. The molecule has 0 amide bonds. The number of esters is 4. The molecule has 1 rings (SSSR count). The van der Waals surface area contributed by atoms with E-state index in [1.807, 2.05) is 62.3 Å². The molecule has 9 heteroatoms. The van der Waals surface area contributed by atoms with Crippen molar-refractivity contribution in [2.24, 2.45) is 16.2 Å². The minimum atomic E-state index is -0.747. The lowest BCUT2D eigenvalue weighted by atomic mass is 9.92. The summed E-state index contributed by atoms with van der Waals surface area (Å²) in [5.74, 6) is -1.49. The van der Waals surface area contributed by atoms with Crippen LogP contribution in [0.1, 0.15) is 87.1 Å². The zero-order chi connectivity index (χ0) is 30.0. The lowest BCUT2D eigenvalue weighted by molar-refractivity contribution is -0.146. The molecule has 0 bridgehead atoms. The maximum Gasteiger partial charge on any atom is 0.323 e. The summed E-state index contributed by atoms with van der Waals surface area (Å²) < 4.78 is 21.4.